The summed E-state index contributed by atoms with van der Waals surface area (Å²) in [4.78, 5) is 18.8. The maximum Gasteiger partial charge on any atom is 0.220 e. The van der Waals surface area contributed by atoms with Gasteiger partial charge < -0.3 is 15.5 Å². The van der Waals surface area contributed by atoms with Gasteiger partial charge in [-0.2, -0.15) is 0 Å². The van der Waals surface area contributed by atoms with Gasteiger partial charge in [-0.25, -0.2) is 0 Å². The Morgan fingerprint density at radius 3 is 2.12 bits per heavy atom. The highest BCUT2D eigenvalue weighted by atomic mass is 127. The molecule has 0 aromatic carbocycles. The summed E-state index contributed by atoms with van der Waals surface area (Å²) in [5, 5.41) is 6.49. The van der Waals surface area contributed by atoms with Crippen LogP contribution in [-0.4, -0.2) is 50.0 Å². The molecule has 1 amide bonds. The normalized spacial score (nSPS) is 26.9. The van der Waals surface area contributed by atoms with Crippen LogP contribution in [-0.2, 0) is 4.79 Å². The molecule has 3 fully saturated rings. The zero-order chi connectivity index (χ0) is 16.8. The van der Waals surface area contributed by atoms with Crippen molar-refractivity contribution in [3.8, 4) is 0 Å². The zero-order valence-electron chi connectivity index (χ0n) is 15.6. The van der Waals surface area contributed by atoms with Crippen LogP contribution in [0.3, 0.4) is 0 Å². The first-order valence-corrected chi connectivity index (χ1v) is 9.98. The lowest BCUT2D eigenvalue weighted by molar-refractivity contribution is -0.121. The van der Waals surface area contributed by atoms with Crippen LogP contribution in [0.15, 0.2) is 4.99 Å². The molecular weight excluding hydrogens is 427 g/mol. The fraction of sp³-hybridized carbons (Fsp3) is 0.895. The van der Waals surface area contributed by atoms with Crippen LogP contribution in [0.4, 0.5) is 0 Å². The van der Waals surface area contributed by atoms with Crippen molar-refractivity contribution in [3.05, 3.63) is 0 Å². The molecule has 1 aliphatic heterocycles. The van der Waals surface area contributed by atoms with Crippen LogP contribution in [0, 0.1) is 17.8 Å². The number of carbonyl (C=O) groups is 1. The van der Waals surface area contributed by atoms with Crippen molar-refractivity contribution in [2.75, 3.05) is 33.2 Å². The predicted octanol–water partition coefficient (Wildman–Crippen LogP) is 3.00. The number of aliphatic imine (C=N–C) groups is 1. The number of nitrogens with one attached hydrogen (secondary N) is 2. The number of guanidine groups is 1. The Kier molecular flexibility index (Phi) is 8.79. The zero-order valence-corrected chi connectivity index (χ0v) is 18.0. The van der Waals surface area contributed by atoms with Crippen LogP contribution in [0.1, 0.15) is 57.8 Å². The number of nitrogens with zero attached hydrogens (tertiary/aromatic N) is 2. The lowest BCUT2D eigenvalue weighted by atomic mass is 9.82. The number of hydrogen-bond donors (Lipinski definition) is 2. The monoisotopic (exact) mass is 462 g/mol. The van der Waals surface area contributed by atoms with Gasteiger partial charge in [0.2, 0.25) is 5.91 Å². The number of hydrogen-bond acceptors (Lipinski definition) is 2. The van der Waals surface area contributed by atoms with E-state index in [-0.39, 0.29) is 29.9 Å². The van der Waals surface area contributed by atoms with Gasteiger partial charge in [0, 0.05) is 39.6 Å². The van der Waals surface area contributed by atoms with Crippen molar-refractivity contribution >= 4 is 35.8 Å². The first-order valence-electron chi connectivity index (χ1n) is 9.98. The number of rotatable bonds is 5. The van der Waals surface area contributed by atoms with Crippen molar-refractivity contribution in [1.82, 2.24) is 15.5 Å². The lowest BCUT2D eigenvalue weighted by Gasteiger charge is -2.22. The van der Waals surface area contributed by atoms with Crippen molar-refractivity contribution in [2.45, 2.75) is 57.8 Å². The van der Waals surface area contributed by atoms with Gasteiger partial charge in [-0.05, 0) is 43.4 Å². The van der Waals surface area contributed by atoms with E-state index < -0.39 is 0 Å². The molecule has 2 N–H and O–H groups in total. The van der Waals surface area contributed by atoms with Crippen LogP contribution >= 0.6 is 24.0 Å². The minimum atomic E-state index is 0. The molecule has 2 saturated carbocycles. The van der Waals surface area contributed by atoms with Gasteiger partial charge in [0.15, 0.2) is 5.96 Å². The predicted molar refractivity (Wildman–Crippen MR) is 113 cm³/mol. The molecule has 2 aliphatic carbocycles. The van der Waals surface area contributed by atoms with E-state index >= 15 is 0 Å². The van der Waals surface area contributed by atoms with Gasteiger partial charge in [0.1, 0.15) is 0 Å². The van der Waals surface area contributed by atoms with Gasteiger partial charge in [-0.1, -0.05) is 25.7 Å². The van der Waals surface area contributed by atoms with Crippen LogP contribution in [0.5, 0.6) is 0 Å². The van der Waals surface area contributed by atoms with E-state index in [9.17, 15) is 4.79 Å². The molecule has 2 unspecified atom stereocenters. The van der Waals surface area contributed by atoms with E-state index in [4.69, 9.17) is 0 Å². The summed E-state index contributed by atoms with van der Waals surface area (Å²) in [5.41, 5.74) is 0. The van der Waals surface area contributed by atoms with Crippen LogP contribution in [0.2, 0.25) is 0 Å². The minimum Gasteiger partial charge on any atom is -0.354 e. The highest BCUT2D eigenvalue weighted by Gasteiger charge is 2.35. The molecule has 0 aromatic heterocycles. The highest BCUT2D eigenvalue weighted by molar-refractivity contribution is 14.0. The van der Waals surface area contributed by atoms with Gasteiger partial charge in [0.25, 0.3) is 0 Å². The molecule has 3 aliphatic rings. The van der Waals surface area contributed by atoms with Crippen LogP contribution < -0.4 is 10.6 Å². The number of fused-ring (bicyclic) bond motifs is 1. The first kappa shape index (κ1) is 20.8. The molecule has 1 saturated heterocycles. The smallest absolute Gasteiger partial charge is 0.220 e. The van der Waals surface area contributed by atoms with E-state index in [0.717, 1.165) is 37.4 Å². The Hall–Kier alpha value is -0.530. The number of carbonyl (C=O) groups excluding carboxylic acids is 1. The second-order valence-electron chi connectivity index (χ2n) is 7.89. The lowest BCUT2D eigenvalue weighted by Crippen LogP contribution is -2.43. The Balaban J connectivity index is 0.00000225. The van der Waals surface area contributed by atoms with Crippen LogP contribution in [0.25, 0.3) is 0 Å². The van der Waals surface area contributed by atoms with Gasteiger partial charge in [-0.3, -0.25) is 9.79 Å². The second-order valence-corrected chi connectivity index (χ2v) is 7.89. The molecule has 25 heavy (non-hydrogen) atoms. The van der Waals surface area contributed by atoms with E-state index in [0.29, 0.717) is 18.9 Å². The molecule has 6 heteroatoms. The fourth-order valence-corrected chi connectivity index (χ4v) is 4.84. The van der Waals surface area contributed by atoms with E-state index in [1.807, 2.05) is 7.05 Å². The van der Waals surface area contributed by atoms with E-state index in [1.54, 1.807) is 0 Å². The number of likely N-dealkylation sites (tertiary alicyclic amines) is 1. The highest BCUT2D eigenvalue weighted by Crippen LogP contribution is 2.35. The molecule has 144 valence electrons. The molecular formula is C19H35IN4O. The van der Waals surface area contributed by atoms with Gasteiger partial charge >= 0.3 is 0 Å². The summed E-state index contributed by atoms with van der Waals surface area (Å²) >= 11 is 0. The number of amides is 1. The fourth-order valence-electron chi connectivity index (χ4n) is 4.84. The van der Waals surface area contributed by atoms with Gasteiger partial charge in [0.05, 0.1) is 0 Å². The second kappa shape index (κ2) is 10.6. The third kappa shape index (κ3) is 6.00. The van der Waals surface area contributed by atoms with Gasteiger partial charge in [-0.15, -0.1) is 24.0 Å². The SMILES string of the molecule is CN=C(NCCNC(=O)CC1CCCC1)N1CC2CCCCC2C1.I. The quantitative estimate of drug-likeness (QED) is 0.286. The standard InChI is InChI=1S/C19H34N4O.HI/c1-20-19(23-13-16-8-4-5-9-17(16)14-23)22-11-10-21-18(24)12-15-6-2-3-7-15;/h15-17H,2-14H2,1H3,(H,20,22)(H,21,24);1H. The molecule has 0 spiro atoms. The third-order valence-corrected chi connectivity index (χ3v) is 6.17. The average Bonchev–Trinajstić information content (AvgIpc) is 3.23. The molecule has 0 aromatic rings. The minimum absolute atomic E-state index is 0. The first-order chi connectivity index (χ1) is 11.8. The Bertz CT molecular complexity index is 437. The maximum atomic E-state index is 12.0. The maximum absolute atomic E-state index is 12.0. The number of halogens is 1. The van der Waals surface area contributed by atoms with Crippen molar-refractivity contribution in [3.63, 3.8) is 0 Å². The Morgan fingerprint density at radius 1 is 0.960 bits per heavy atom. The Labute approximate surface area is 169 Å². The van der Waals surface area contributed by atoms with E-state index in [1.165, 1.54) is 51.4 Å². The van der Waals surface area contributed by atoms with E-state index in [2.05, 4.69) is 20.5 Å². The summed E-state index contributed by atoms with van der Waals surface area (Å²) < 4.78 is 0. The average molecular weight is 462 g/mol. The summed E-state index contributed by atoms with van der Waals surface area (Å²) in [6.07, 6.45) is 11.3. The van der Waals surface area contributed by atoms with Crippen molar-refractivity contribution < 1.29 is 4.79 Å². The topological polar surface area (TPSA) is 56.7 Å². The molecule has 0 radical (unpaired) electrons. The molecule has 0 bridgehead atoms. The summed E-state index contributed by atoms with van der Waals surface area (Å²) in [6, 6.07) is 0. The molecule has 3 rings (SSSR count). The summed E-state index contributed by atoms with van der Waals surface area (Å²) in [6.45, 7) is 3.75. The largest absolute Gasteiger partial charge is 0.354 e. The third-order valence-electron chi connectivity index (χ3n) is 6.17. The summed E-state index contributed by atoms with van der Waals surface area (Å²) in [5.74, 6) is 3.57. The van der Waals surface area contributed by atoms with Crippen molar-refractivity contribution in [1.29, 1.82) is 0 Å². The Morgan fingerprint density at radius 2 is 1.52 bits per heavy atom. The summed E-state index contributed by atoms with van der Waals surface area (Å²) in [7, 11) is 1.86. The molecule has 1 heterocycles. The molecule has 2 atom stereocenters. The van der Waals surface area contributed by atoms with Crippen molar-refractivity contribution in [2.24, 2.45) is 22.7 Å². The molecule has 5 nitrogen and oxygen atoms in total.